The van der Waals surface area contributed by atoms with Gasteiger partial charge in [0.25, 0.3) is 0 Å². The number of nitrogens with one attached hydrogen (secondary N) is 1. The third kappa shape index (κ3) is 1.74. The lowest BCUT2D eigenvalue weighted by Crippen LogP contribution is -2.04. The number of nitriles is 1. The summed E-state index contributed by atoms with van der Waals surface area (Å²) >= 11 is 0. The number of rotatable bonds is 2. The maximum atomic E-state index is 13.7. The third-order valence-electron chi connectivity index (χ3n) is 2.46. The van der Waals surface area contributed by atoms with Crippen molar-refractivity contribution in [1.82, 2.24) is 4.98 Å². The molecule has 18 heavy (non-hydrogen) atoms. The van der Waals surface area contributed by atoms with Gasteiger partial charge in [-0.05, 0) is 6.92 Å². The van der Waals surface area contributed by atoms with E-state index < -0.39 is 23.0 Å². The molecule has 1 aromatic heterocycles. The average Bonchev–Trinajstić information content (AvgIpc) is 2.36. The first-order valence-electron chi connectivity index (χ1n) is 5.20. The van der Waals surface area contributed by atoms with Crippen molar-refractivity contribution in [2.75, 3.05) is 11.9 Å². The Labute approximate surface area is 101 Å². The minimum absolute atomic E-state index is 0.0780. The van der Waals surface area contributed by atoms with E-state index in [2.05, 4.69) is 10.3 Å². The van der Waals surface area contributed by atoms with Crippen molar-refractivity contribution in [1.29, 1.82) is 5.26 Å². The van der Waals surface area contributed by atoms with Gasteiger partial charge in [-0.2, -0.15) is 5.26 Å². The predicted octanol–water partition coefficient (Wildman–Crippen LogP) is 2.96. The van der Waals surface area contributed by atoms with Crippen LogP contribution in [-0.4, -0.2) is 11.5 Å². The van der Waals surface area contributed by atoms with Gasteiger partial charge in [-0.1, -0.05) is 0 Å². The zero-order valence-corrected chi connectivity index (χ0v) is 9.39. The number of aromatic nitrogens is 1. The number of hydrogen-bond donors (Lipinski definition) is 1. The Balaban J connectivity index is 2.93. The molecule has 0 aliphatic heterocycles. The molecule has 0 aliphatic carbocycles. The summed E-state index contributed by atoms with van der Waals surface area (Å²) in [6.07, 6.45) is 1.09. The molecular formula is C12H8F3N3. The number of pyridine rings is 1. The first kappa shape index (κ1) is 12.2. The summed E-state index contributed by atoms with van der Waals surface area (Å²) in [5.41, 5.74) is -0.224. The van der Waals surface area contributed by atoms with E-state index in [0.717, 1.165) is 6.20 Å². The molecule has 2 rings (SSSR count). The van der Waals surface area contributed by atoms with Crippen molar-refractivity contribution in [2.24, 2.45) is 0 Å². The Hall–Kier alpha value is -2.29. The van der Waals surface area contributed by atoms with E-state index in [9.17, 15) is 13.2 Å². The molecule has 0 spiro atoms. The van der Waals surface area contributed by atoms with Crippen molar-refractivity contribution in [2.45, 2.75) is 6.92 Å². The van der Waals surface area contributed by atoms with Gasteiger partial charge in [-0.15, -0.1) is 0 Å². The molecule has 1 aromatic carbocycles. The van der Waals surface area contributed by atoms with Crippen LogP contribution >= 0.6 is 0 Å². The highest BCUT2D eigenvalue weighted by molar-refractivity contribution is 5.94. The first-order valence-corrected chi connectivity index (χ1v) is 5.20. The highest BCUT2D eigenvalue weighted by Gasteiger charge is 2.18. The Morgan fingerprint density at radius 2 is 2.06 bits per heavy atom. The molecule has 0 aliphatic rings. The van der Waals surface area contributed by atoms with Gasteiger partial charge in [-0.25, -0.2) is 13.2 Å². The molecule has 0 unspecified atom stereocenters. The molecule has 92 valence electrons. The van der Waals surface area contributed by atoms with Gasteiger partial charge in [0.05, 0.1) is 16.6 Å². The normalized spacial score (nSPS) is 10.4. The van der Waals surface area contributed by atoms with Gasteiger partial charge < -0.3 is 5.32 Å². The van der Waals surface area contributed by atoms with Crippen LogP contribution in [0.25, 0.3) is 10.9 Å². The Morgan fingerprint density at radius 3 is 2.67 bits per heavy atom. The summed E-state index contributed by atoms with van der Waals surface area (Å²) in [7, 11) is 0. The van der Waals surface area contributed by atoms with Crippen LogP contribution in [0.1, 0.15) is 12.5 Å². The van der Waals surface area contributed by atoms with Gasteiger partial charge in [0.15, 0.2) is 11.6 Å². The van der Waals surface area contributed by atoms with E-state index in [-0.39, 0.29) is 16.6 Å². The first-order chi connectivity index (χ1) is 8.60. The van der Waals surface area contributed by atoms with E-state index in [1.165, 1.54) is 0 Å². The van der Waals surface area contributed by atoms with E-state index >= 15 is 0 Å². The molecule has 0 atom stereocenters. The van der Waals surface area contributed by atoms with Crippen LogP contribution in [-0.2, 0) is 0 Å². The van der Waals surface area contributed by atoms with Crippen LogP contribution in [0.3, 0.4) is 0 Å². The van der Waals surface area contributed by atoms with E-state index in [4.69, 9.17) is 5.26 Å². The topological polar surface area (TPSA) is 48.7 Å². The van der Waals surface area contributed by atoms with E-state index in [1.54, 1.807) is 6.92 Å². The summed E-state index contributed by atoms with van der Waals surface area (Å²) in [6, 6.07) is 2.27. The number of benzene rings is 1. The minimum Gasteiger partial charge on any atom is -0.384 e. The Morgan fingerprint density at radius 1 is 1.33 bits per heavy atom. The molecule has 2 aromatic rings. The van der Waals surface area contributed by atoms with Crippen LogP contribution in [0.2, 0.25) is 0 Å². The SMILES string of the molecule is CCNc1c(C#N)cnc2c(F)c(F)cc(F)c12. The van der Waals surface area contributed by atoms with Gasteiger partial charge in [0.2, 0.25) is 0 Å². The molecule has 0 fully saturated rings. The molecule has 0 bridgehead atoms. The molecule has 0 radical (unpaired) electrons. The third-order valence-corrected chi connectivity index (χ3v) is 2.46. The smallest absolute Gasteiger partial charge is 0.185 e. The summed E-state index contributed by atoms with van der Waals surface area (Å²) < 4.78 is 40.3. The van der Waals surface area contributed by atoms with Crippen molar-refractivity contribution in [3.05, 3.63) is 35.3 Å². The maximum absolute atomic E-state index is 13.7. The van der Waals surface area contributed by atoms with Crippen molar-refractivity contribution >= 4 is 16.6 Å². The molecule has 0 saturated carbocycles. The molecule has 3 nitrogen and oxygen atoms in total. The molecule has 1 N–H and O–H groups in total. The van der Waals surface area contributed by atoms with Crippen molar-refractivity contribution in [3.63, 3.8) is 0 Å². The molecule has 0 saturated heterocycles. The Kier molecular flexibility index (Phi) is 3.06. The van der Waals surface area contributed by atoms with Crippen molar-refractivity contribution < 1.29 is 13.2 Å². The van der Waals surface area contributed by atoms with Crippen LogP contribution < -0.4 is 5.32 Å². The monoisotopic (exact) mass is 251 g/mol. The molecule has 1 heterocycles. The summed E-state index contributed by atoms with van der Waals surface area (Å²) in [5, 5.41) is 11.5. The molecule has 6 heteroatoms. The maximum Gasteiger partial charge on any atom is 0.185 e. The van der Waals surface area contributed by atoms with Gasteiger partial charge >= 0.3 is 0 Å². The lowest BCUT2D eigenvalue weighted by atomic mass is 10.1. The zero-order chi connectivity index (χ0) is 13.3. The zero-order valence-electron chi connectivity index (χ0n) is 9.39. The van der Waals surface area contributed by atoms with Crippen molar-refractivity contribution in [3.8, 4) is 6.07 Å². The average molecular weight is 251 g/mol. The molecule has 0 amide bonds. The second-order valence-corrected chi connectivity index (χ2v) is 3.57. The summed E-state index contributed by atoms with van der Waals surface area (Å²) in [5.74, 6) is -3.49. The minimum atomic E-state index is -1.31. The van der Waals surface area contributed by atoms with Crippen LogP contribution in [0, 0.1) is 28.8 Å². The second-order valence-electron chi connectivity index (χ2n) is 3.57. The molecular weight excluding hydrogens is 243 g/mol. The van der Waals surface area contributed by atoms with Gasteiger partial charge in [-0.3, -0.25) is 4.98 Å². The highest BCUT2D eigenvalue weighted by atomic mass is 19.2. The summed E-state index contributed by atoms with van der Waals surface area (Å²) in [6.45, 7) is 2.15. The standard InChI is InChI=1S/C12H8F3N3/c1-2-17-11-6(4-16)5-18-12-9(11)7(13)3-8(14)10(12)15/h3,5H,2H2,1H3,(H,17,18). The number of hydrogen-bond acceptors (Lipinski definition) is 3. The Bertz CT molecular complexity index is 662. The summed E-state index contributed by atoms with van der Waals surface area (Å²) in [4.78, 5) is 3.60. The van der Waals surface area contributed by atoms with Gasteiger partial charge in [0, 0.05) is 18.8 Å². The largest absolute Gasteiger partial charge is 0.384 e. The lowest BCUT2D eigenvalue weighted by Gasteiger charge is -2.10. The quantitative estimate of drug-likeness (QED) is 0.835. The van der Waals surface area contributed by atoms with Crippen LogP contribution in [0.15, 0.2) is 12.3 Å². The number of fused-ring (bicyclic) bond motifs is 1. The number of anilines is 1. The van der Waals surface area contributed by atoms with Crippen LogP contribution in [0.4, 0.5) is 18.9 Å². The predicted molar refractivity (Wildman–Crippen MR) is 60.5 cm³/mol. The fourth-order valence-electron chi connectivity index (χ4n) is 1.72. The second kappa shape index (κ2) is 4.53. The lowest BCUT2D eigenvalue weighted by molar-refractivity contribution is 0.504. The number of halogens is 3. The highest BCUT2D eigenvalue weighted by Crippen LogP contribution is 2.30. The fourth-order valence-corrected chi connectivity index (χ4v) is 1.72. The van der Waals surface area contributed by atoms with E-state index in [1.807, 2.05) is 6.07 Å². The van der Waals surface area contributed by atoms with Crippen LogP contribution in [0.5, 0.6) is 0 Å². The number of nitrogens with zero attached hydrogens (tertiary/aromatic N) is 2. The van der Waals surface area contributed by atoms with Gasteiger partial charge in [0.1, 0.15) is 17.4 Å². The fraction of sp³-hybridized carbons (Fsp3) is 0.167. The van der Waals surface area contributed by atoms with E-state index in [0.29, 0.717) is 12.6 Å².